The van der Waals surface area contributed by atoms with Gasteiger partial charge in [-0.2, -0.15) is 0 Å². The average Bonchev–Trinajstić information content (AvgIpc) is 2.83. The Bertz CT molecular complexity index is 1050. The summed E-state index contributed by atoms with van der Waals surface area (Å²) in [5.74, 6) is -1.66. The van der Waals surface area contributed by atoms with Gasteiger partial charge >= 0.3 is 12.0 Å². The van der Waals surface area contributed by atoms with Gasteiger partial charge in [-0.15, -0.1) is 0 Å². The van der Waals surface area contributed by atoms with Crippen LogP contribution in [-0.2, 0) is 20.7 Å². The molecule has 0 bridgehead atoms. The Labute approximate surface area is 216 Å². The Morgan fingerprint density at radius 2 is 1.50 bits per heavy atom. The highest BCUT2D eigenvalue weighted by molar-refractivity contribution is 7.78. The first-order chi connectivity index (χ1) is 17.0. The molecule has 36 heavy (non-hydrogen) atoms. The summed E-state index contributed by atoms with van der Waals surface area (Å²) < 4.78 is 13.2. The molecule has 0 radical (unpaired) electrons. The lowest BCUT2D eigenvalue weighted by atomic mass is 9.96. The molecule has 0 aliphatic heterocycles. The normalized spacial score (nSPS) is 11.8. The standard InChI is InChI=1S/C26H33N3O6S/c1-5-34-15-14-20(24(32)35-26(2,3)4)16-17-6-12-21(13-7-17)27-25(33)28-22(30)18-8-10-19(11-9-18)23(31)29-36/h6-13,20,36H,5,14-16H2,1-4H3,(H,29,31)(H2,27,28,30,33). The van der Waals surface area contributed by atoms with E-state index < -0.39 is 23.4 Å². The second kappa shape index (κ2) is 13.6. The Morgan fingerprint density at radius 1 is 0.917 bits per heavy atom. The third-order valence-electron chi connectivity index (χ3n) is 4.99. The molecule has 0 saturated heterocycles. The van der Waals surface area contributed by atoms with Crippen LogP contribution in [0.1, 0.15) is 60.4 Å². The highest BCUT2D eigenvalue weighted by Crippen LogP contribution is 2.20. The Kier molecular flexibility index (Phi) is 10.9. The van der Waals surface area contributed by atoms with E-state index in [0.29, 0.717) is 37.3 Å². The van der Waals surface area contributed by atoms with Crippen molar-refractivity contribution in [3.05, 3.63) is 65.2 Å². The molecular weight excluding hydrogens is 482 g/mol. The van der Waals surface area contributed by atoms with E-state index >= 15 is 0 Å². The fourth-order valence-electron chi connectivity index (χ4n) is 3.24. The number of rotatable bonds is 10. The highest BCUT2D eigenvalue weighted by atomic mass is 32.1. The van der Waals surface area contributed by atoms with Crippen molar-refractivity contribution >= 4 is 42.3 Å². The van der Waals surface area contributed by atoms with Crippen LogP contribution >= 0.6 is 12.8 Å². The number of nitrogens with one attached hydrogen (secondary N) is 3. The number of carbonyl (C=O) groups excluding carboxylic acids is 4. The van der Waals surface area contributed by atoms with Gasteiger partial charge in [0, 0.05) is 30.0 Å². The van der Waals surface area contributed by atoms with Gasteiger partial charge in [-0.3, -0.25) is 24.4 Å². The van der Waals surface area contributed by atoms with Crippen molar-refractivity contribution in [1.29, 1.82) is 0 Å². The maximum absolute atomic E-state index is 12.7. The summed E-state index contributed by atoms with van der Waals surface area (Å²) in [7, 11) is 0. The summed E-state index contributed by atoms with van der Waals surface area (Å²) >= 11 is 3.69. The number of carbonyl (C=O) groups is 4. The third kappa shape index (κ3) is 9.71. The summed E-state index contributed by atoms with van der Waals surface area (Å²) in [6.07, 6.45) is 1.00. The van der Waals surface area contributed by atoms with E-state index in [9.17, 15) is 19.2 Å². The minimum Gasteiger partial charge on any atom is -0.460 e. The fraction of sp³-hybridized carbons (Fsp3) is 0.385. The molecule has 3 N–H and O–H groups in total. The first-order valence-electron chi connectivity index (χ1n) is 11.6. The Morgan fingerprint density at radius 3 is 2.03 bits per heavy atom. The van der Waals surface area contributed by atoms with Crippen LogP contribution in [0.15, 0.2) is 48.5 Å². The molecule has 0 aliphatic carbocycles. The van der Waals surface area contributed by atoms with Crippen molar-refractivity contribution in [2.45, 2.75) is 46.1 Å². The van der Waals surface area contributed by atoms with E-state index in [2.05, 4.69) is 28.2 Å². The van der Waals surface area contributed by atoms with Crippen LogP contribution in [0.25, 0.3) is 0 Å². The Balaban J connectivity index is 1.95. The minimum atomic E-state index is -0.701. The quantitative estimate of drug-likeness (QED) is 0.214. The summed E-state index contributed by atoms with van der Waals surface area (Å²) in [6.45, 7) is 8.43. The number of amides is 4. The number of esters is 1. The van der Waals surface area contributed by atoms with E-state index in [4.69, 9.17) is 9.47 Å². The molecule has 9 nitrogen and oxygen atoms in total. The summed E-state index contributed by atoms with van der Waals surface area (Å²) in [5, 5.41) is 4.84. The third-order valence-corrected chi connectivity index (χ3v) is 5.19. The molecule has 2 aromatic rings. The van der Waals surface area contributed by atoms with Gasteiger partial charge < -0.3 is 14.8 Å². The van der Waals surface area contributed by atoms with Crippen LogP contribution in [0, 0.1) is 5.92 Å². The molecule has 4 amide bonds. The molecule has 194 valence electrons. The number of benzene rings is 2. The molecule has 10 heteroatoms. The molecular formula is C26H33N3O6S. The molecule has 1 unspecified atom stereocenters. The van der Waals surface area contributed by atoms with Crippen LogP contribution in [-0.4, -0.2) is 42.6 Å². The summed E-state index contributed by atoms with van der Waals surface area (Å²) in [6, 6.07) is 12.1. The number of hydrogen-bond donors (Lipinski definition) is 4. The molecule has 0 fully saturated rings. The molecule has 0 aliphatic rings. The van der Waals surface area contributed by atoms with Gasteiger partial charge in [-0.1, -0.05) is 24.9 Å². The zero-order valence-corrected chi connectivity index (χ0v) is 21.8. The van der Waals surface area contributed by atoms with Crippen LogP contribution in [0.3, 0.4) is 0 Å². The van der Waals surface area contributed by atoms with Gasteiger partial charge in [-0.05, 0) is 82.5 Å². The maximum atomic E-state index is 12.7. The van der Waals surface area contributed by atoms with E-state index in [1.54, 1.807) is 24.3 Å². The van der Waals surface area contributed by atoms with E-state index in [1.165, 1.54) is 24.3 Å². The number of urea groups is 1. The van der Waals surface area contributed by atoms with Gasteiger partial charge in [0.05, 0.1) is 5.92 Å². The highest BCUT2D eigenvalue weighted by Gasteiger charge is 2.25. The molecule has 0 spiro atoms. The number of hydrogen-bond acceptors (Lipinski definition) is 7. The summed E-state index contributed by atoms with van der Waals surface area (Å²) in [5.41, 5.74) is 1.35. The largest absolute Gasteiger partial charge is 0.460 e. The van der Waals surface area contributed by atoms with E-state index in [-0.39, 0.29) is 17.5 Å². The molecule has 2 aromatic carbocycles. The molecule has 0 heterocycles. The monoisotopic (exact) mass is 515 g/mol. The smallest absolute Gasteiger partial charge is 0.326 e. The summed E-state index contributed by atoms with van der Waals surface area (Å²) in [4.78, 5) is 48.7. The van der Waals surface area contributed by atoms with Gasteiger partial charge in [-0.25, -0.2) is 4.79 Å². The predicted molar refractivity (Wildman–Crippen MR) is 140 cm³/mol. The number of imide groups is 1. The van der Waals surface area contributed by atoms with Gasteiger partial charge in [0.2, 0.25) is 0 Å². The second-order valence-corrected chi connectivity index (χ2v) is 9.27. The average molecular weight is 516 g/mol. The van der Waals surface area contributed by atoms with Crippen LogP contribution in [0.4, 0.5) is 10.5 Å². The predicted octanol–water partition coefficient (Wildman–Crippen LogP) is 4.15. The lowest BCUT2D eigenvalue weighted by Crippen LogP contribution is -2.34. The fourth-order valence-corrected chi connectivity index (χ4v) is 3.37. The van der Waals surface area contributed by atoms with E-state index in [1.807, 2.05) is 27.7 Å². The number of thiol groups is 1. The van der Waals surface area contributed by atoms with Gasteiger partial charge in [0.1, 0.15) is 5.60 Å². The zero-order chi connectivity index (χ0) is 26.7. The maximum Gasteiger partial charge on any atom is 0.326 e. The number of anilines is 1. The van der Waals surface area contributed by atoms with Gasteiger partial charge in [0.25, 0.3) is 11.8 Å². The first kappa shape index (κ1) is 28.9. The second-order valence-electron chi connectivity index (χ2n) is 9.04. The molecule has 0 saturated carbocycles. The SMILES string of the molecule is CCOCCC(Cc1ccc(NC(=O)NC(=O)c2ccc(C(=O)NS)cc2)cc1)C(=O)OC(C)(C)C. The lowest BCUT2D eigenvalue weighted by molar-refractivity contribution is -0.160. The first-order valence-corrected chi connectivity index (χ1v) is 12.0. The van der Waals surface area contributed by atoms with Crippen LogP contribution in [0.2, 0.25) is 0 Å². The zero-order valence-electron chi connectivity index (χ0n) is 20.9. The van der Waals surface area contributed by atoms with Crippen molar-refractivity contribution in [2.75, 3.05) is 18.5 Å². The van der Waals surface area contributed by atoms with Crippen molar-refractivity contribution < 1.29 is 28.7 Å². The van der Waals surface area contributed by atoms with Crippen molar-refractivity contribution in [3.63, 3.8) is 0 Å². The number of ether oxygens (including phenoxy) is 2. The van der Waals surface area contributed by atoms with Crippen LogP contribution in [0.5, 0.6) is 0 Å². The molecule has 0 aromatic heterocycles. The Hall–Kier alpha value is -3.37. The molecule has 1 atom stereocenters. The van der Waals surface area contributed by atoms with Crippen LogP contribution < -0.4 is 15.4 Å². The van der Waals surface area contributed by atoms with E-state index in [0.717, 1.165) is 5.56 Å². The van der Waals surface area contributed by atoms with Crippen molar-refractivity contribution in [2.24, 2.45) is 5.92 Å². The lowest BCUT2D eigenvalue weighted by Gasteiger charge is -2.24. The van der Waals surface area contributed by atoms with Crippen molar-refractivity contribution in [3.8, 4) is 0 Å². The van der Waals surface area contributed by atoms with Gasteiger partial charge in [0.15, 0.2) is 0 Å². The minimum absolute atomic E-state index is 0.219. The topological polar surface area (TPSA) is 123 Å². The van der Waals surface area contributed by atoms with Crippen molar-refractivity contribution in [1.82, 2.24) is 10.0 Å². The molecule has 2 rings (SSSR count).